The zero-order chi connectivity index (χ0) is 11.5. The van der Waals surface area contributed by atoms with Gasteiger partial charge >= 0.3 is 0 Å². The van der Waals surface area contributed by atoms with E-state index in [4.69, 9.17) is 13.6 Å². The molecule has 0 saturated carbocycles. The summed E-state index contributed by atoms with van der Waals surface area (Å²) in [6.07, 6.45) is 1.21. The fourth-order valence-electron chi connectivity index (χ4n) is 1.73. The second-order valence-electron chi connectivity index (χ2n) is 5.71. The minimum atomic E-state index is -1.45. The molecule has 0 N–H and O–H groups in total. The van der Waals surface area contributed by atoms with Crippen molar-refractivity contribution >= 4 is 16.6 Å². The summed E-state index contributed by atoms with van der Waals surface area (Å²) in [5.74, 6) is 0. The Balaban J connectivity index is 2.10. The van der Waals surface area contributed by atoms with Crippen LogP contribution in [0.5, 0.6) is 0 Å². The molecular weight excluding hydrogens is 224 g/mol. The van der Waals surface area contributed by atoms with Gasteiger partial charge in [0.05, 0.1) is 0 Å². The molecule has 1 aliphatic heterocycles. The highest BCUT2D eigenvalue weighted by Crippen LogP contribution is 2.20. The lowest BCUT2D eigenvalue weighted by Gasteiger charge is -2.31. The zero-order valence-electron chi connectivity index (χ0n) is 10.6. The standard InChI is InChI=1S/C10H24O3Si2/c1-14(2,3)13-15(4,5)8-6-7-11-10-9-12-10/h10H,6-9H2,1-5H3. The van der Waals surface area contributed by atoms with Crippen molar-refractivity contribution in [2.45, 2.75) is 51.5 Å². The normalized spacial score (nSPS) is 21.8. The molecule has 0 aliphatic carbocycles. The van der Waals surface area contributed by atoms with Crippen molar-refractivity contribution in [3.8, 4) is 0 Å². The summed E-state index contributed by atoms with van der Waals surface area (Å²) in [5.41, 5.74) is 0. The third-order valence-corrected chi connectivity index (χ3v) is 8.33. The molecule has 1 aliphatic rings. The van der Waals surface area contributed by atoms with E-state index in [0.717, 1.165) is 19.6 Å². The van der Waals surface area contributed by atoms with Crippen molar-refractivity contribution in [1.82, 2.24) is 0 Å². The second-order valence-corrected chi connectivity index (χ2v) is 14.8. The molecule has 1 fully saturated rings. The predicted octanol–water partition coefficient (Wildman–Crippen LogP) is 2.81. The van der Waals surface area contributed by atoms with Gasteiger partial charge < -0.3 is 13.6 Å². The highest BCUT2D eigenvalue weighted by molar-refractivity contribution is 6.84. The number of hydrogen-bond acceptors (Lipinski definition) is 3. The predicted molar refractivity (Wildman–Crippen MR) is 67.0 cm³/mol. The highest BCUT2D eigenvalue weighted by Gasteiger charge is 2.29. The van der Waals surface area contributed by atoms with E-state index in [2.05, 4.69) is 32.7 Å². The van der Waals surface area contributed by atoms with Gasteiger partial charge in [0.2, 0.25) is 0 Å². The topological polar surface area (TPSA) is 31.0 Å². The first-order valence-corrected chi connectivity index (χ1v) is 12.2. The van der Waals surface area contributed by atoms with Gasteiger partial charge in [-0.3, -0.25) is 0 Å². The van der Waals surface area contributed by atoms with Gasteiger partial charge in [-0.15, -0.1) is 0 Å². The molecule has 1 unspecified atom stereocenters. The van der Waals surface area contributed by atoms with Gasteiger partial charge in [0.25, 0.3) is 0 Å². The van der Waals surface area contributed by atoms with Gasteiger partial charge in [-0.25, -0.2) is 0 Å². The molecule has 1 rings (SSSR count). The van der Waals surface area contributed by atoms with Crippen molar-refractivity contribution in [2.24, 2.45) is 0 Å². The maximum Gasteiger partial charge on any atom is 0.181 e. The Labute approximate surface area is 95.4 Å². The van der Waals surface area contributed by atoms with Crippen molar-refractivity contribution in [1.29, 1.82) is 0 Å². The number of epoxide rings is 1. The van der Waals surface area contributed by atoms with E-state index in [1.54, 1.807) is 0 Å². The van der Waals surface area contributed by atoms with Crippen LogP contribution in [-0.4, -0.2) is 36.1 Å². The third kappa shape index (κ3) is 7.24. The second kappa shape index (κ2) is 5.10. The summed E-state index contributed by atoms with van der Waals surface area (Å²) in [6.45, 7) is 13.0. The van der Waals surface area contributed by atoms with Crippen LogP contribution in [0.25, 0.3) is 0 Å². The number of hydrogen-bond donors (Lipinski definition) is 0. The monoisotopic (exact) mass is 248 g/mol. The SMILES string of the molecule is C[Si](C)(C)O[Si](C)(C)CCCOC1CO1. The lowest BCUT2D eigenvalue weighted by Crippen LogP contribution is -2.42. The molecule has 0 spiro atoms. The number of rotatable bonds is 7. The van der Waals surface area contributed by atoms with Crippen LogP contribution in [0.2, 0.25) is 38.8 Å². The van der Waals surface area contributed by atoms with E-state index in [9.17, 15) is 0 Å². The Hall–Kier alpha value is 0.314. The average Bonchev–Trinajstić information content (AvgIpc) is 2.76. The molecule has 0 bridgehead atoms. The summed E-state index contributed by atoms with van der Waals surface area (Å²) >= 11 is 0. The zero-order valence-corrected chi connectivity index (χ0v) is 12.6. The highest BCUT2D eigenvalue weighted by atomic mass is 28.4. The molecule has 0 aromatic heterocycles. The summed E-state index contributed by atoms with van der Waals surface area (Å²) in [4.78, 5) is 0. The summed E-state index contributed by atoms with van der Waals surface area (Å²) < 4.78 is 16.7. The quantitative estimate of drug-likeness (QED) is 0.394. The van der Waals surface area contributed by atoms with Crippen LogP contribution in [0.1, 0.15) is 6.42 Å². The summed E-state index contributed by atoms with van der Waals surface area (Å²) in [5, 5.41) is 0. The lowest BCUT2D eigenvalue weighted by atomic mass is 10.5. The Kier molecular flexibility index (Phi) is 4.55. The molecule has 1 atom stereocenters. The average molecular weight is 248 g/mol. The first kappa shape index (κ1) is 13.4. The summed E-state index contributed by atoms with van der Waals surface area (Å²) in [6, 6.07) is 1.18. The van der Waals surface area contributed by atoms with Crippen LogP contribution in [0.3, 0.4) is 0 Å². The van der Waals surface area contributed by atoms with Crippen LogP contribution in [-0.2, 0) is 13.6 Å². The molecule has 1 heterocycles. The van der Waals surface area contributed by atoms with Crippen molar-refractivity contribution in [2.75, 3.05) is 13.2 Å². The van der Waals surface area contributed by atoms with E-state index >= 15 is 0 Å². The summed E-state index contributed by atoms with van der Waals surface area (Å²) in [7, 11) is -2.82. The molecule has 0 aromatic rings. The Morgan fingerprint density at radius 3 is 2.27 bits per heavy atom. The molecule has 90 valence electrons. The first-order valence-electron chi connectivity index (χ1n) is 5.72. The molecule has 1 saturated heterocycles. The minimum absolute atomic E-state index is 0.104. The van der Waals surface area contributed by atoms with Gasteiger partial charge in [0.15, 0.2) is 22.9 Å². The van der Waals surface area contributed by atoms with E-state index in [0.29, 0.717) is 0 Å². The Bertz CT molecular complexity index is 197. The van der Waals surface area contributed by atoms with E-state index in [1.165, 1.54) is 6.04 Å². The van der Waals surface area contributed by atoms with Gasteiger partial charge in [-0.05, 0) is 45.2 Å². The van der Waals surface area contributed by atoms with Gasteiger partial charge in [-0.2, -0.15) is 0 Å². The minimum Gasteiger partial charge on any atom is -0.456 e. The van der Waals surface area contributed by atoms with E-state index in [1.807, 2.05) is 0 Å². The Morgan fingerprint density at radius 1 is 1.20 bits per heavy atom. The van der Waals surface area contributed by atoms with Crippen molar-refractivity contribution in [3.05, 3.63) is 0 Å². The molecule has 0 amide bonds. The van der Waals surface area contributed by atoms with Crippen LogP contribution >= 0.6 is 0 Å². The van der Waals surface area contributed by atoms with E-state index < -0.39 is 16.6 Å². The molecule has 15 heavy (non-hydrogen) atoms. The fraction of sp³-hybridized carbons (Fsp3) is 1.00. The largest absolute Gasteiger partial charge is 0.456 e. The van der Waals surface area contributed by atoms with Crippen molar-refractivity contribution in [3.63, 3.8) is 0 Å². The molecular formula is C10H24O3Si2. The smallest absolute Gasteiger partial charge is 0.181 e. The van der Waals surface area contributed by atoms with Gasteiger partial charge in [0, 0.05) is 6.61 Å². The Morgan fingerprint density at radius 2 is 1.80 bits per heavy atom. The molecule has 0 radical (unpaired) electrons. The maximum atomic E-state index is 6.24. The van der Waals surface area contributed by atoms with E-state index in [-0.39, 0.29) is 6.29 Å². The van der Waals surface area contributed by atoms with Crippen LogP contribution < -0.4 is 0 Å². The molecule has 3 nitrogen and oxygen atoms in total. The fourth-order valence-corrected chi connectivity index (χ4v) is 9.76. The van der Waals surface area contributed by atoms with Crippen LogP contribution in [0.4, 0.5) is 0 Å². The molecule has 0 aromatic carbocycles. The number of ether oxygens (including phenoxy) is 2. The molecule has 5 heteroatoms. The third-order valence-electron chi connectivity index (χ3n) is 2.11. The first-order chi connectivity index (χ1) is 6.79. The lowest BCUT2D eigenvalue weighted by molar-refractivity contribution is 0.0504. The maximum absolute atomic E-state index is 6.24. The van der Waals surface area contributed by atoms with Gasteiger partial charge in [-0.1, -0.05) is 0 Å². The van der Waals surface area contributed by atoms with Gasteiger partial charge in [0.1, 0.15) is 6.61 Å². The van der Waals surface area contributed by atoms with Crippen LogP contribution in [0, 0.1) is 0 Å². The van der Waals surface area contributed by atoms with Crippen LogP contribution in [0.15, 0.2) is 0 Å². The van der Waals surface area contributed by atoms with Crippen molar-refractivity contribution < 1.29 is 13.6 Å².